The third-order valence-corrected chi connectivity index (χ3v) is 12.0. The summed E-state index contributed by atoms with van der Waals surface area (Å²) >= 11 is 0. The minimum Gasteiger partial charge on any atom is -0.488 e. The molecule has 5 fully saturated rings. The molecule has 34 heavy (non-hydrogen) atoms. The Morgan fingerprint density at radius 2 is 1.74 bits per heavy atom. The van der Waals surface area contributed by atoms with Crippen molar-refractivity contribution in [3.05, 3.63) is 22.5 Å². The van der Waals surface area contributed by atoms with Gasteiger partial charge >= 0.3 is 0 Å². The molecule has 5 aliphatic carbocycles. The van der Waals surface area contributed by atoms with Crippen molar-refractivity contribution in [3.63, 3.8) is 0 Å². The molecule has 2 saturated heterocycles. The lowest BCUT2D eigenvalue weighted by atomic mass is 9.43. The summed E-state index contributed by atoms with van der Waals surface area (Å²) in [6, 6.07) is 0. The summed E-state index contributed by atoms with van der Waals surface area (Å²) in [5.41, 5.74) is 0.792. The molecule has 0 aromatic carbocycles. The fraction of sp³-hybridized carbons (Fsp3) is 0.800. The number of ketones is 2. The molecule has 184 valence electrons. The molecule has 4 nitrogen and oxygen atoms in total. The standard InChI is InChI=1S/C30H40O4/c1-16(2)22-23(32)27-12-9-20-25(4,5)10-8-11-28(20)15-29(27)18(17(3)19(31)14-27)13-21-26(6,7)33-24(22)30(21,29)34-28/h16,20-21H,8-15H2,1-7H3/t20-,21+,27-,28-,29-,30-/m0/s1. The van der Waals surface area contributed by atoms with Crippen molar-refractivity contribution in [3.8, 4) is 0 Å². The third-order valence-electron chi connectivity index (χ3n) is 12.0. The van der Waals surface area contributed by atoms with E-state index in [9.17, 15) is 9.59 Å². The molecule has 0 amide bonds. The molecule has 0 unspecified atom stereocenters. The van der Waals surface area contributed by atoms with E-state index >= 15 is 0 Å². The Morgan fingerprint density at radius 1 is 1.00 bits per heavy atom. The van der Waals surface area contributed by atoms with Gasteiger partial charge in [0.2, 0.25) is 0 Å². The lowest BCUT2D eigenvalue weighted by Gasteiger charge is -2.58. The number of hydrogen-bond acceptors (Lipinski definition) is 4. The average Bonchev–Trinajstić information content (AvgIpc) is 3.20. The van der Waals surface area contributed by atoms with Crippen molar-refractivity contribution >= 4 is 11.6 Å². The van der Waals surface area contributed by atoms with Gasteiger partial charge in [-0.2, -0.15) is 0 Å². The minimum absolute atomic E-state index is 0.0469. The van der Waals surface area contributed by atoms with Crippen LogP contribution >= 0.6 is 0 Å². The number of carbonyl (C=O) groups excluding carboxylic acids is 2. The highest BCUT2D eigenvalue weighted by Crippen LogP contribution is 2.85. The Kier molecular flexibility index (Phi) is 3.70. The monoisotopic (exact) mass is 464 g/mol. The number of rotatable bonds is 1. The molecule has 7 aliphatic rings. The van der Waals surface area contributed by atoms with Gasteiger partial charge in [-0.3, -0.25) is 9.59 Å². The molecule has 3 spiro atoms. The molecule has 2 aliphatic heterocycles. The molecule has 6 atom stereocenters. The lowest BCUT2D eigenvalue weighted by molar-refractivity contribution is -0.203. The van der Waals surface area contributed by atoms with E-state index in [1.807, 2.05) is 6.92 Å². The van der Waals surface area contributed by atoms with Crippen LogP contribution in [0.1, 0.15) is 99.8 Å². The van der Waals surface area contributed by atoms with Crippen LogP contribution in [0.4, 0.5) is 0 Å². The van der Waals surface area contributed by atoms with Gasteiger partial charge in [0.25, 0.3) is 0 Å². The van der Waals surface area contributed by atoms with E-state index in [-0.39, 0.29) is 34.4 Å². The van der Waals surface area contributed by atoms with Crippen molar-refractivity contribution in [2.24, 2.45) is 34.0 Å². The van der Waals surface area contributed by atoms with Crippen molar-refractivity contribution in [2.75, 3.05) is 0 Å². The summed E-state index contributed by atoms with van der Waals surface area (Å²) in [5, 5.41) is 0. The zero-order chi connectivity index (χ0) is 24.3. The van der Waals surface area contributed by atoms with E-state index in [0.717, 1.165) is 49.0 Å². The number of hydrogen-bond donors (Lipinski definition) is 0. The van der Waals surface area contributed by atoms with E-state index in [0.29, 0.717) is 12.3 Å². The van der Waals surface area contributed by atoms with E-state index in [4.69, 9.17) is 9.47 Å². The fourth-order valence-corrected chi connectivity index (χ4v) is 10.9. The van der Waals surface area contributed by atoms with Crippen LogP contribution in [0.2, 0.25) is 0 Å². The van der Waals surface area contributed by atoms with Crippen LogP contribution in [0.25, 0.3) is 0 Å². The van der Waals surface area contributed by atoms with Crippen molar-refractivity contribution in [1.29, 1.82) is 0 Å². The second-order valence-electron chi connectivity index (χ2n) is 14.4. The Hall–Kier alpha value is -1.42. The first-order valence-corrected chi connectivity index (χ1v) is 13.7. The Bertz CT molecular complexity index is 1140. The summed E-state index contributed by atoms with van der Waals surface area (Å²) in [6.45, 7) is 15.5. The van der Waals surface area contributed by atoms with Gasteiger partial charge in [0.05, 0.1) is 11.0 Å². The van der Waals surface area contributed by atoms with E-state index in [1.165, 1.54) is 18.4 Å². The van der Waals surface area contributed by atoms with Crippen LogP contribution in [-0.2, 0) is 19.1 Å². The van der Waals surface area contributed by atoms with Gasteiger partial charge in [-0.25, -0.2) is 0 Å². The van der Waals surface area contributed by atoms with Gasteiger partial charge in [0, 0.05) is 23.3 Å². The van der Waals surface area contributed by atoms with Crippen molar-refractivity contribution in [1.82, 2.24) is 0 Å². The van der Waals surface area contributed by atoms with Crippen LogP contribution in [0, 0.1) is 34.0 Å². The average molecular weight is 465 g/mol. The Labute approximate surface area is 203 Å². The first-order chi connectivity index (χ1) is 15.8. The summed E-state index contributed by atoms with van der Waals surface area (Å²) in [4.78, 5) is 28.5. The summed E-state index contributed by atoms with van der Waals surface area (Å²) in [6.07, 6.45) is 7.29. The highest BCUT2D eigenvalue weighted by Gasteiger charge is 2.89. The first kappa shape index (κ1) is 21.8. The molecule has 4 heteroatoms. The Morgan fingerprint density at radius 3 is 2.44 bits per heavy atom. The molecule has 3 saturated carbocycles. The number of allylic oxidation sites excluding steroid dienone is 2. The predicted octanol–water partition coefficient (Wildman–Crippen LogP) is 6.09. The molecule has 7 rings (SSSR count). The maximum atomic E-state index is 14.8. The topological polar surface area (TPSA) is 52.6 Å². The number of Topliss-reactive ketones (excluding diaryl/α,β-unsaturated/α-hetero) is 2. The Balaban J connectivity index is 1.65. The lowest BCUT2D eigenvalue weighted by Crippen LogP contribution is -2.65. The van der Waals surface area contributed by atoms with Crippen LogP contribution in [0.15, 0.2) is 22.5 Å². The van der Waals surface area contributed by atoms with Crippen LogP contribution in [-0.4, -0.2) is 28.4 Å². The normalized spacial score (nSPS) is 49.3. The van der Waals surface area contributed by atoms with Crippen LogP contribution < -0.4 is 0 Å². The van der Waals surface area contributed by atoms with Gasteiger partial charge in [-0.05, 0) is 82.1 Å². The van der Waals surface area contributed by atoms with Crippen molar-refractivity contribution in [2.45, 2.75) is 117 Å². The quantitative estimate of drug-likeness (QED) is 0.471. The van der Waals surface area contributed by atoms with Gasteiger partial charge in [-0.15, -0.1) is 0 Å². The van der Waals surface area contributed by atoms with Gasteiger partial charge < -0.3 is 9.47 Å². The molecular formula is C30H40O4. The van der Waals surface area contributed by atoms with Crippen LogP contribution in [0.3, 0.4) is 0 Å². The molecule has 0 aromatic rings. The van der Waals surface area contributed by atoms with Gasteiger partial charge in [0.1, 0.15) is 17.0 Å². The molecule has 0 radical (unpaired) electrons. The van der Waals surface area contributed by atoms with Gasteiger partial charge in [0.15, 0.2) is 11.6 Å². The molecular weight excluding hydrogens is 424 g/mol. The largest absolute Gasteiger partial charge is 0.488 e. The van der Waals surface area contributed by atoms with E-state index in [2.05, 4.69) is 41.5 Å². The SMILES string of the molecule is CC1=C2C[C@@H]3C(C)(C)OC4=C(C(C)C)C(=O)[C@]5(CC[C@H]6C(C)(C)CCC[C@]67C[C@]25[C@@]43O7)CC1=O. The maximum absolute atomic E-state index is 14.8. The molecule has 2 bridgehead atoms. The van der Waals surface area contributed by atoms with Crippen molar-refractivity contribution < 1.29 is 19.1 Å². The summed E-state index contributed by atoms with van der Waals surface area (Å²) in [5.74, 6) is 1.85. The highest BCUT2D eigenvalue weighted by molar-refractivity contribution is 6.10. The molecule has 0 N–H and O–H groups in total. The van der Waals surface area contributed by atoms with Crippen LogP contribution in [0.5, 0.6) is 0 Å². The highest BCUT2D eigenvalue weighted by atomic mass is 16.6. The minimum atomic E-state index is -0.683. The van der Waals surface area contributed by atoms with Gasteiger partial charge in [-0.1, -0.05) is 39.7 Å². The molecule has 2 heterocycles. The second-order valence-corrected chi connectivity index (χ2v) is 14.4. The number of ether oxygens (including phenoxy) is 2. The first-order valence-electron chi connectivity index (χ1n) is 13.7. The smallest absolute Gasteiger partial charge is 0.170 e. The zero-order valence-electron chi connectivity index (χ0n) is 22.0. The second kappa shape index (κ2) is 5.76. The van der Waals surface area contributed by atoms with E-state index < -0.39 is 22.0 Å². The summed E-state index contributed by atoms with van der Waals surface area (Å²) < 4.78 is 14.6. The summed E-state index contributed by atoms with van der Waals surface area (Å²) in [7, 11) is 0. The zero-order valence-corrected chi connectivity index (χ0v) is 22.0. The van der Waals surface area contributed by atoms with E-state index in [1.54, 1.807) is 0 Å². The predicted molar refractivity (Wildman–Crippen MR) is 129 cm³/mol. The number of carbonyl (C=O) groups is 2. The molecule has 0 aromatic heterocycles. The maximum Gasteiger partial charge on any atom is 0.170 e. The third kappa shape index (κ3) is 1.90. The fourth-order valence-electron chi connectivity index (χ4n) is 10.9.